The second-order valence-corrected chi connectivity index (χ2v) is 5.85. The lowest BCUT2D eigenvalue weighted by atomic mass is 10.1. The highest BCUT2D eigenvalue weighted by Gasteiger charge is 2.26. The lowest BCUT2D eigenvalue weighted by Crippen LogP contribution is -2.34. The smallest absolute Gasteiger partial charge is 0.161 e. The molecule has 4 rings (SSSR count). The lowest BCUT2D eigenvalue weighted by Gasteiger charge is -2.34. The molecule has 1 aliphatic rings. The lowest BCUT2D eigenvalue weighted by molar-refractivity contribution is 0.131. The van der Waals surface area contributed by atoms with Crippen molar-refractivity contribution in [2.45, 2.75) is 25.4 Å². The summed E-state index contributed by atoms with van der Waals surface area (Å²) < 4.78 is 2.28. The van der Waals surface area contributed by atoms with Gasteiger partial charge >= 0.3 is 0 Å². The highest BCUT2D eigenvalue weighted by molar-refractivity contribution is 5.77. The van der Waals surface area contributed by atoms with Crippen molar-refractivity contribution in [2.24, 2.45) is 0 Å². The molecule has 1 atom stereocenters. The van der Waals surface area contributed by atoms with Crippen LogP contribution in [0.3, 0.4) is 0 Å². The first kappa shape index (κ1) is 13.4. The van der Waals surface area contributed by atoms with Gasteiger partial charge in [-0.25, -0.2) is 9.97 Å². The molecule has 5 nitrogen and oxygen atoms in total. The number of piperidine rings is 1. The molecule has 1 fully saturated rings. The average molecular weight is 293 g/mol. The highest BCUT2D eigenvalue weighted by Crippen LogP contribution is 2.32. The van der Waals surface area contributed by atoms with Crippen molar-refractivity contribution in [1.29, 1.82) is 0 Å². The van der Waals surface area contributed by atoms with Crippen LogP contribution in [0.4, 0.5) is 0 Å². The zero-order chi connectivity index (χ0) is 14.9. The number of rotatable bonds is 2. The van der Waals surface area contributed by atoms with E-state index in [9.17, 15) is 0 Å². The fourth-order valence-electron chi connectivity index (χ4n) is 3.29. The maximum atomic E-state index is 4.83. The third-order valence-electron chi connectivity index (χ3n) is 4.40. The van der Waals surface area contributed by atoms with Gasteiger partial charge in [0.25, 0.3) is 0 Å². The molecule has 4 heterocycles. The van der Waals surface area contributed by atoms with Gasteiger partial charge in [0.1, 0.15) is 11.3 Å². The summed E-state index contributed by atoms with van der Waals surface area (Å²) in [6, 6.07) is 7.99. The van der Waals surface area contributed by atoms with Crippen LogP contribution in [-0.2, 0) is 0 Å². The van der Waals surface area contributed by atoms with Crippen LogP contribution < -0.4 is 0 Å². The molecule has 1 unspecified atom stereocenters. The molecule has 5 heteroatoms. The molecule has 0 radical (unpaired) electrons. The van der Waals surface area contributed by atoms with Crippen molar-refractivity contribution in [3.05, 3.63) is 42.9 Å². The summed E-state index contributed by atoms with van der Waals surface area (Å²) in [5.74, 6) is 0.959. The Bertz CT molecular complexity index is 780. The fraction of sp³-hybridized carbons (Fsp3) is 0.353. The van der Waals surface area contributed by atoms with E-state index in [1.54, 1.807) is 6.20 Å². The third-order valence-corrected chi connectivity index (χ3v) is 4.40. The summed E-state index contributed by atoms with van der Waals surface area (Å²) in [6.45, 7) is 1.11. The van der Waals surface area contributed by atoms with Gasteiger partial charge in [0, 0.05) is 24.2 Å². The predicted molar refractivity (Wildman–Crippen MR) is 86.3 cm³/mol. The van der Waals surface area contributed by atoms with Crippen LogP contribution in [0, 0.1) is 0 Å². The molecular formula is C17H19N5. The third kappa shape index (κ3) is 2.18. The molecular weight excluding hydrogens is 274 g/mol. The molecule has 1 saturated heterocycles. The van der Waals surface area contributed by atoms with E-state index in [0.717, 1.165) is 35.5 Å². The molecule has 0 N–H and O–H groups in total. The van der Waals surface area contributed by atoms with Crippen molar-refractivity contribution < 1.29 is 0 Å². The van der Waals surface area contributed by atoms with E-state index in [-0.39, 0.29) is 0 Å². The quantitative estimate of drug-likeness (QED) is 0.728. The van der Waals surface area contributed by atoms with Crippen molar-refractivity contribution >= 4 is 11.2 Å². The van der Waals surface area contributed by atoms with E-state index in [0.29, 0.717) is 6.17 Å². The summed E-state index contributed by atoms with van der Waals surface area (Å²) in [4.78, 5) is 16.1. The van der Waals surface area contributed by atoms with Gasteiger partial charge in [-0.2, -0.15) is 0 Å². The zero-order valence-electron chi connectivity index (χ0n) is 12.7. The summed E-state index contributed by atoms with van der Waals surface area (Å²) in [7, 11) is 2.19. The Kier molecular flexibility index (Phi) is 3.35. The minimum Gasteiger partial charge on any atom is -0.292 e. The number of pyridine rings is 2. The predicted octanol–water partition coefficient (Wildman–Crippen LogP) is 3.11. The van der Waals surface area contributed by atoms with Gasteiger partial charge in [-0.1, -0.05) is 0 Å². The number of likely N-dealkylation sites (tertiary alicyclic amines) is 1. The molecule has 3 aromatic rings. The summed E-state index contributed by atoms with van der Waals surface area (Å²) in [5, 5.41) is 0. The molecule has 0 aliphatic carbocycles. The topological polar surface area (TPSA) is 46.8 Å². The minimum absolute atomic E-state index is 0.309. The monoisotopic (exact) mass is 293 g/mol. The van der Waals surface area contributed by atoms with Crippen LogP contribution >= 0.6 is 0 Å². The molecule has 0 amide bonds. The summed E-state index contributed by atoms with van der Waals surface area (Å²) in [6.07, 6.45) is 9.46. The fourth-order valence-corrected chi connectivity index (χ4v) is 3.29. The molecule has 22 heavy (non-hydrogen) atoms. The van der Waals surface area contributed by atoms with Crippen molar-refractivity contribution in [3.63, 3.8) is 0 Å². The van der Waals surface area contributed by atoms with Gasteiger partial charge in [0.2, 0.25) is 0 Å². The van der Waals surface area contributed by atoms with Crippen LogP contribution in [0.1, 0.15) is 25.4 Å². The molecule has 0 aromatic carbocycles. The molecule has 3 aromatic heterocycles. The first-order valence-electron chi connectivity index (χ1n) is 7.78. The number of imidazole rings is 1. The Hall–Kier alpha value is -2.27. The Morgan fingerprint density at radius 3 is 2.86 bits per heavy atom. The Balaban J connectivity index is 1.94. The van der Waals surface area contributed by atoms with Crippen LogP contribution in [0.25, 0.3) is 22.6 Å². The largest absolute Gasteiger partial charge is 0.292 e. The van der Waals surface area contributed by atoms with Gasteiger partial charge in [-0.05, 0) is 57.1 Å². The van der Waals surface area contributed by atoms with Crippen molar-refractivity contribution in [1.82, 2.24) is 24.4 Å². The van der Waals surface area contributed by atoms with Gasteiger partial charge in [0.15, 0.2) is 5.65 Å². The normalized spacial score (nSPS) is 19.6. The van der Waals surface area contributed by atoms with Crippen LogP contribution in [0.2, 0.25) is 0 Å². The van der Waals surface area contributed by atoms with E-state index in [1.165, 1.54) is 12.8 Å². The maximum Gasteiger partial charge on any atom is 0.161 e. The van der Waals surface area contributed by atoms with Gasteiger partial charge in [-0.3, -0.25) is 14.5 Å². The Morgan fingerprint density at radius 1 is 1.14 bits per heavy atom. The van der Waals surface area contributed by atoms with E-state index in [4.69, 9.17) is 4.98 Å². The SMILES string of the molecule is CN1CCCCC1n1c(-c2cccnc2)nc2cccnc21. The van der Waals surface area contributed by atoms with Crippen LogP contribution in [0.5, 0.6) is 0 Å². The molecule has 0 saturated carbocycles. The van der Waals surface area contributed by atoms with E-state index >= 15 is 0 Å². The number of aromatic nitrogens is 4. The number of hydrogen-bond donors (Lipinski definition) is 0. The standard InChI is InChI=1S/C17H19N5/c1-21-11-3-2-8-15(21)22-16(13-6-4-9-18-12-13)20-14-7-5-10-19-17(14)22/h4-7,9-10,12,15H,2-3,8,11H2,1H3. The molecule has 0 spiro atoms. The summed E-state index contributed by atoms with van der Waals surface area (Å²) in [5.41, 5.74) is 2.94. The second-order valence-electron chi connectivity index (χ2n) is 5.85. The van der Waals surface area contributed by atoms with Crippen LogP contribution in [0.15, 0.2) is 42.9 Å². The van der Waals surface area contributed by atoms with Gasteiger partial charge in [-0.15, -0.1) is 0 Å². The van der Waals surface area contributed by atoms with Crippen molar-refractivity contribution in [3.8, 4) is 11.4 Å². The first-order valence-corrected chi connectivity index (χ1v) is 7.78. The summed E-state index contributed by atoms with van der Waals surface area (Å²) >= 11 is 0. The Morgan fingerprint density at radius 2 is 2.05 bits per heavy atom. The second kappa shape index (κ2) is 5.50. The highest BCUT2D eigenvalue weighted by atomic mass is 15.3. The minimum atomic E-state index is 0.309. The van der Waals surface area contributed by atoms with E-state index in [2.05, 4.69) is 32.5 Å². The van der Waals surface area contributed by atoms with Gasteiger partial charge in [0.05, 0.1) is 6.17 Å². The number of nitrogens with zero attached hydrogens (tertiary/aromatic N) is 5. The molecule has 1 aliphatic heterocycles. The maximum absolute atomic E-state index is 4.83. The molecule has 112 valence electrons. The number of hydrogen-bond acceptors (Lipinski definition) is 4. The van der Waals surface area contributed by atoms with E-state index < -0.39 is 0 Å². The van der Waals surface area contributed by atoms with E-state index in [1.807, 2.05) is 30.6 Å². The van der Waals surface area contributed by atoms with Crippen LogP contribution in [-0.4, -0.2) is 38.0 Å². The van der Waals surface area contributed by atoms with Gasteiger partial charge < -0.3 is 0 Å². The number of fused-ring (bicyclic) bond motifs is 1. The first-order chi connectivity index (χ1) is 10.8. The average Bonchev–Trinajstić information content (AvgIpc) is 2.95. The van der Waals surface area contributed by atoms with Crippen molar-refractivity contribution in [2.75, 3.05) is 13.6 Å². The Labute approximate surface area is 129 Å². The zero-order valence-corrected chi connectivity index (χ0v) is 12.7. The molecule has 0 bridgehead atoms.